The molecule has 0 aliphatic heterocycles. The lowest BCUT2D eigenvalue weighted by Crippen LogP contribution is -2.22. The quantitative estimate of drug-likeness (QED) is 0.572. The topological polar surface area (TPSA) is 63.3 Å². The number of hydrogen-bond donors (Lipinski definition) is 2. The Morgan fingerprint density at radius 1 is 1.08 bits per heavy atom. The molecule has 1 aliphatic rings. The number of anilines is 1. The fraction of sp³-hybridized carbons (Fsp3) is 0.200. The standard InChI is InChI=1S/C20H20N4/c21-20(24-18-10-9-14-4-1-6-16(14)12-18)23-13-17-7-2-5-15-8-3-11-22-19(15)17/h2-3,5,7-12H,1,4,6,13H2,(H3,21,23,24). The Bertz CT molecular complexity index is 909. The van der Waals surface area contributed by atoms with Gasteiger partial charge < -0.3 is 11.1 Å². The highest BCUT2D eigenvalue weighted by Crippen LogP contribution is 2.24. The first-order chi connectivity index (χ1) is 11.8. The second kappa shape index (κ2) is 6.32. The van der Waals surface area contributed by atoms with Gasteiger partial charge in [-0.1, -0.05) is 30.3 Å². The maximum absolute atomic E-state index is 6.06. The first kappa shape index (κ1) is 14.7. The lowest BCUT2D eigenvalue weighted by Gasteiger charge is -2.08. The van der Waals surface area contributed by atoms with Crippen LogP contribution in [0.3, 0.4) is 0 Å². The molecule has 4 rings (SSSR count). The number of hydrogen-bond acceptors (Lipinski definition) is 2. The Kier molecular flexibility index (Phi) is 3.87. The van der Waals surface area contributed by atoms with Gasteiger partial charge >= 0.3 is 0 Å². The molecule has 4 nitrogen and oxygen atoms in total. The maximum Gasteiger partial charge on any atom is 0.193 e. The maximum atomic E-state index is 6.06. The SMILES string of the molecule is NC(=NCc1cccc2cccnc12)Nc1ccc2c(c1)CCC2. The van der Waals surface area contributed by atoms with Crippen molar-refractivity contribution >= 4 is 22.5 Å². The van der Waals surface area contributed by atoms with Gasteiger partial charge in [0.2, 0.25) is 0 Å². The minimum atomic E-state index is 0.431. The molecular formula is C20H20N4. The zero-order valence-corrected chi connectivity index (χ0v) is 13.5. The van der Waals surface area contributed by atoms with E-state index < -0.39 is 0 Å². The average molecular weight is 316 g/mol. The third-order valence-corrected chi connectivity index (χ3v) is 4.51. The number of para-hydroxylation sites is 1. The van der Waals surface area contributed by atoms with Crippen LogP contribution in [0, 0.1) is 0 Å². The number of pyridine rings is 1. The summed E-state index contributed by atoms with van der Waals surface area (Å²) in [6.45, 7) is 0.512. The molecule has 0 radical (unpaired) electrons. The number of nitrogens with two attached hydrogens (primary N) is 1. The van der Waals surface area contributed by atoms with Crippen LogP contribution in [-0.2, 0) is 19.4 Å². The number of fused-ring (bicyclic) bond motifs is 2. The molecule has 0 atom stereocenters. The minimum absolute atomic E-state index is 0.431. The van der Waals surface area contributed by atoms with E-state index in [0.29, 0.717) is 12.5 Å². The van der Waals surface area contributed by atoms with E-state index >= 15 is 0 Å². The third kappa shape index (κ3) is 2.95. The van der Waals surface area contributed by atoms with Gasteiger partial charge in [-0.2, -0.15) is 0 Å². The summed E-state index contributed by atoms with van der Waals surface area (Å²) in [5.74, 6) is 0.431. The Balaban J connectivity index is 1.51. The molecule has 0 spiro atoms. The van der Waals surface area contributed by atoms with Gasteiger partial charge in [0.1, 0.15) is 0 Å². The summed E-state index contributed by atoms with van der Waals surface area (Å²) in [7, 11) is 0. The van der Waals surface area contributed by atoms with Crippen LogP contribution in [0.4, 0.5) is 5.69 Å². The predicted octanol–water partition coefficient (Wildman–Crippen LogP) is 3.65. The van der Waals surface area contributed by atoms with E-state index in [0.717, 1.165) is 28.6 Å². The largest absolute Gasteiger partial charge is 0.370 e. The van der Waals surface area contributed by atoms with Gasteiger partial charge in [0.15, 0.2) is 5.96 Å². The van der Waals surface area contributed by atoms with Crippen LogP contribution < -0.4 is 11.1 Å². The van der Waals surface area contributed by atoms with Crippen LogP contribution >= 0.6 is 0 Å². The number of nitrogens with zero attached hydrogens (tertiary/aromatic N) is 2. The summed E-state index contributed by atoms with van der Waals surface area (Å²) in [6, 6.07) is 16.6. The van der Waals surface area contributed by atoms with Crippen molar-refractivity contribution in [2.45, 2.75) is 25.8 Å². The summed E-state index contributed by atoms with van der Waals surface area (Å²) in [6.07, 6.45) is 5.40. The number of aliphatic imine (C=N–C) groups is 1. The Morgan fingerprint density at radius 3 is 2.92 bits per heavy atom. The number of guanidine groups is 1. The number of nitrogens with one attached hydrogen (secondary N) is 1. The number of aryl methyl sites for hydroxylation is 2. The minimum Gasteiger partial charge on any atom is -0.370 e. The lowest BCUT2D eigenvalue weighted by molar-refractivity contribution is 0.912. The van der Waals surface area contributed by atoms with E-state index in [2.05, 4.69) is 45.6 Å². The summed E-state index contributed by atoms with van der Waals surface area (Å²) < 4.78 is 0. The van der Waals surface area contributed by atoms with Gasteiger partial charge in [-0.25, -0.2) is 4.99 Å². The molecule has 4 heteroatoms. The number of rotatable bonds is 3. The second-order valence-corrected chi connectivity index (χ2v) is 6.16. The van der Waals surface area contributed by atoms with Crippen molar-refractivity contribution in [2.75, 3.05) is 5.32 Å². The summed E-state index contributed by atoms with van der Waals surface area (Å²) in [5.41, 5.74) is 12.0. The molecule has 1 aliphatic carbocycles. The second-order valence-electron chi connectivity index (χ2n) is 6.16. The fourth-order valence-electron chi connectivity index (χ4n) is 3.30. The van der Waals surface area contributed by atoms with Crippen molar-refractivity contribution < 1.29 is 0 Å². The first-order valence-corrected chi connectivity index (χ1v) is 8.31. The van der Waals surface area contributed by atoms with Crippen molar-refractivity contribution in [1.82, 2.24) is 4.98 Å². The van der Waals surface area contributed by atoms with Crippen molar-refractivity contribution in [3.8, 4) is 0 Å². The van der Waals surface area contributed by atoms with E-state index in [1.54, 1.807) is 0 Å². The molecule has 1 heterocycles. The van der Waals surface area contributed by atoms with Crippen molar-refractivity contribution in [2.24, 2.45) is 10.7 Å². The molecule has 0 saturated carbocycles. The molecule has 3 N–H and O–H groups in total. The van der Waals surface area contributed by atoms with Crippen LogP contribution in [0.15, 0.2) is 59.7 Å². The van der Waals surface area contributed by atoms with Crippen molar-refractivity contribution in [1.29, 1.82) is 0 Å². The molecule has 120 valence electrons. The molecule has 0 unspecified atom stereocenters. The molecule has 24 heavy (non-hydrogen) atoms. The first-order valence-electron chi connectivity index (χ1n) is 8.31. The van der Waals surface area contributed by atoms with Gasteiger partial charge in [-0.05, 0) is 54.2 Å². The average Bonchev–Trinajstić information content (AvgIpc) is 3.07. The lowest BCUT2D eigenvalue weighted by atomic mass is 10.1. The Hall–Kier alpha value is -2.88. The fourth-order valence-corrected chi connectivity index (χ4v) is 3.30. The molecular weight excluding hydrogens is 296 g/mol. The van der Waals surface area contributed by atoms with E-state index in [-0.39, 0.29) is 0 Å². The molecule has 0 bridgehead atoms. The molecule has 1 aromatic heterocycles. The highest BCUT2D eigenvalue weighted by atomic mass is 15.1. The highest BCUT2D eigenvalue weighted by Gasteiger charge is 2.10. The molecule has 3 aromatic rings. The predicted molar refractivity (Wildman–Crippen MR) is 99.2 cm³/mol. The van der Waals surface area contributed by atoms with Gasteiger partial charge in [0, 0.05) is 17.3 Å². The molecule has 0 fully saturated rings. The smallest absolute Gasteiger partial charge is 0.193 e. The van der Waals surface area contributed by atoms with Crippen LogP contribution in [0.5, 0.6) is 0 Å². The number of aromatic nitrogens is 1. The van der Waals surface area contributed by atoms with Crippen molar-refractivity contribution in [3.05, 3.63) is 71.4 Å². The molecule has 0 amide bonds. The molecule has 0 saturated heterocycles. The van der Waals surface area contributed by atoms with E-state index in [1.165, 1.54) is 24.0 Å². The monoisotopic (exact) mass is 316 g/mol. The van der Waals surface area contributed by atoms with Crippen LogP contribution in [0.2, 0.25) is 0 Å². The van der Waals surface area contributed by atoms with E-state index in [1.807, 2.05) is 24.4 Å². The van der Waals surface area contributed by atoms with Crippen LogP contribution in [0.1, 0.15) is 23.1 Å². The van der Waals surface area contributed by atoms with E-state index in [4.69, 9.17) is 5.73 Å². The van der Waals surface area contributed by atoms with Crippen molar-refractivity contribution in [3.63, 3.8) is 0 Å². The zero-order valence-electron chi connectivity index (χ0n) is 13.5. The summed E-state index contributed by atoms with van der Waals surface area (Å²) >= 11 is 0. The van der Waals surface area contributed by atoms with Gasteiger partial charge in [0.25, 0.3) is 0 Å². The van der Waals surface area contributed by atoms with Gasteiger partial charge in [-0.3, -0.25) is 4.98 Å². The normalized spacial score (nSPS) is 13.9. The highest BCUT2D eigenvalue weighted by molar-refractivity contribution is 5.92. The summed E-state index contributed by atoms with van der Waals surface area (Å²) in [5, 5.41) is 4.32. The van der Waals surface area contributed by atoms with Gasteiger partial charge in [0.05, 0.1) is 12.1 Å². The Labute approximate surface area is 141 Å². The molecule has 2 aromatic carbocycles. The van der Waals surface area contributed by atoms with Crippen LogP contribution in [-0.4, -0.2) is 10.9 Å². The van der Waals surface area contributed by atoms with E-state index in [9.17, 15) is 0 Å². The number of benzene rings is 2. The Morgan fingerprint density at radius 2 is 1.96 bits per heavy atom. The third-order valence-electron chi connectivity index (χ3n) is 4.51. The summed E-state index contributed by atoms with van der Waals surface area (Å²) in [4.78, 5) is 8.93. The van der Waals surface area contributed by atoms with Gasteiger partial charge in [-0.15, -0.1) is 0 Å². The van der Waals surface area contributed by atoms with Crippen LogP contribution in [0.25, 0.3) is 10.9 Å². The zero-order chi connectivity index (χ0) is 16.4.